The van der Waals surface area contributed by atoms with E-state index in [2.05, 4.69) is 6.58 Å². The standard InChI is InChI=1S/C22H19Cl2NO3S2/c1-2-9-25-21(26)19(30-22(25)29)13-15-12-16(23)14-18(24)20(15)28-11-6-10-27-17-7-4-3-5-8-17/h2-5,7-8,12-14H,1,6,9-11H2/b19-13-. The van der Waals surface area contributed by atoms with E-state index in [4.69, 9.17) is 44.9 Å². The minimum Gasteiger partial charge on any atom is -0.493 e. The highest BCUT2D eigenvalue weighted by atomic mass is 35.5. The molecule has 1 fully saturated rings. The molecule has 0 bridgehead atoms. The zero-order valence-corrected chi connectivity index (χ0v) is 19.1. The Balaban J connectivity index is 1.69. The zero-order chi connectivity index (χ0) is 21.5. The molecule has 1 saturated heterocycles. The zero-order valence-electron chi connectivity index (χ0n) is 16.0. The van der Waals surface area contributed by atoms with Crippen LogP contribution in [0.15, 0.2) is 60.0 Å². The van der Waals surface area contributed by atoms with E-state index >= 15 is 0 Å². The minimum atomic E-state index is -0.178. The van der Waals surface area contributed by atoms with Crippen molar-refractivity contribution in [1.29, 1.82) is 0 Å². The Morgan fingerprint density at radius 2 is 1.87 bits per heavy atom. The van der Waals surface area contributed by atoms with Gasteiger partial charge in [-0.25, -0.2) is 0 Å². The van der Waals surface area contributed by atoms with Crippen molar-refractivity contribution in [2.75, 3.05) is 19.8 Å². The van der Waals surface area contributed by atoms with Crippen LogP contribution in [0, 0.1) is 0 Å². The SMILES string of the molecule is C=CCN1C(=O)/C(=C/c2cc(Cl)cc(Cl)c2OCCCOc2ccccc2)SC1=S. The van der Waals surface area contributed by atoms with Gasteiger partial charge in [0.1, 0.15) is 15.8 Å². The Bertz CT molecular complexity index is 980. The van der Waals surface area contributed by atoms with Crippen molar-refractivity contribution >= 4 is 63.5 Å². The summed E-state index contributed by atoms with van der Waals surface area (Å²) in [4.78, 5) is 14.6. The first-order valence-corrected chi connectivity index (χ1v) is 11.1. The molecule has 2 aromatic carbocycles. The van der Waals surface area contributed by atoms with Gasteiger partial charge in [0, 0.05) is 23.6 Å². The molecule has 1 amide bonds. The molecular formula is C22H19Cl2NO3S2. The molecule has 0 atom stereocenters. The summed E-state index contributed by atoms with van der Waals surface area (Å²) in [6.45, 7) is 4.92. The molecule has 1 aliphatic heterocycles. The number of carbonyl (C=O) groups is 1. The molecular weight excluding hydrogens is 461 g/mol. The van der Waals surface area contributed by atoms with Crippen LogP contribution in [-0.2, 0) is 4.79 Å². The molecule has 0 aromatic heterocycles. The number of benzene rings is 2. The lowest BCUT2D eigenvalue weighted by Gasteiger charge is -2.13. The molecule has 0 unspecified atom stereocenters. The lowest BCUT2D eigenvalue weighted by Crippen LogP contribution is -2.27. The Morgan fingerprint density at radius 3 is 2.60 bits per heavy atom. The summed E-state index contributed by atoms with van der Waals surface area (Å²) in [5.74, 6) is 1.10. The van der Waals surface area contributed by atoms with E-state index in [1.165, 1.54) is 16.7 Å². The molecule has 0 N–H and O–H groups in total. The smallest absolute Gasteiger partial charge is 0.266 e. The second-order valence-electron chi connectivity index (χ2n) is 6.25. The summed E-state index contributed by atoms with van der Waals surface area (Å²) >= 11 is 19.0. The normalized spacial score (nSPS) is 15.0. The summed E-state index contributed by atoms with van der Waals surface area (Å²) in [6.07, 6.45) is 4.00. The van der Waals surface area contributed by atoms with Crippen molar-refractivity contribution in [2.45, 2.75) is 6.42 Å². The third kappa shape index (κ3) is 5.79. The van der Waals surface area contributed by atoms with Crippen LogP contribution in [0.2, 0.25) is 10.0 Å². The molecule has 4 nitrogen and oxygen atoms in total. The Hall–Kier alpha value is -1.99. The van der Waals surface area contributed by atoms with Gasteiger partial charge in [0.15, 0.2) is 0 Å². The van der Waals surface area contributed by atoms with E-state index in [1.807, 2.05) is 30.3 Å². The number of para-hydroxylation sites is 1. The molecule has 2 aromatic rings. The predicted octanol–water partition coefficient (Wildman–Crippen LogP) is 6.23. The van der Waals surface area contributed by atoms with Crippen LogP contribution in [0.3, 0.4) is 0 Å². The van der Waals surface area contributed by atoms with Gasteiger partial charge in [0.25, 0.3) is 5.91 Å². The van der Waals surface area contributed by atoms with E-state index in [0.29, 0.717) is 56.8 Å². The molecule has 1 heterocycles. The average molecular weight is 480 g/mol. The molecule has 8 heteroatoms. The molecule has 0 aliphatic carbocycles. The van der Waals surface area contributed by atoms with Crippen molar-refractivity contribution in [1.82, 2.24) is 4.90 Å². The number of hydrogen-bond acceptors (Lipinski definition) is 5. The van der Waals surface area contributed by atoms with Gasteiger partial charge in [0.05, 0.1) is 23.1 Å². The van der Waals surface area contributed by atoms with E-state index in [9.17, 15) is 4.79 Å². The Labute approximate surface area is 195 Å². The summed E-state index contributed by atoms with van der Waals surface area (Å²) in [7, 11) is 0. The first-order valence-electron chi connectivity index (χ1n) is 9.15. The summed E-state index contributed by atoms with van der Waals surface area (Å²) in [5.41, 5.74) is 0.621. The average Bonchev–Trinajstić information content (AvgIpc) is 2.98. The summed E-state index contributed by atoms with van der Waals surface area (Å²) in [5, 5.41) is 0.826. The maximum absolute atomic E-state index is 12.6. The number of hydrogen-bond donors (Lipinski definition) is 0. The molecule has 156 valence electrons. The number of thioether (sulfide) groups is 1. The number of carbonyl (C=O) groups excluding carboxylic acids is 1. The van der Waals surface area contributed by atoms with Gasteiger partial charge < -0.3 is 9.47 Å². The van der Waals surface area contributed by atoms with E-state index < -0.39 is 0 Å². The molecule has 30 heavy (non-hydrogen) atoms. The Morgan fingerprint density at radius 1 is 1.13 bits per heavy atom. The van der Waals surface area contributed by atoms with Crippen molar-refractivity contribution in [3.63, 3.8) is 0 Å². The fourth-order valence-corrected chi connectivity index (χ4v) is 4.54. The third-order valence-electron chi connectivity index (χ3n) is 4.06. The van der Waals surface area contributed by atoms with Crippen LogP contribution in [0.1, 0.15) is 12.0 Å². The number of halogens is 2. The Kier molecular flexibility index (Phi) is 8.22. The van der Waals surface area contributed by atoms with Crippen LogP contribution in [0.5, 0.6) is 11.5 Å². The molecule has 0 spiro atoms. The molecule has 3 rings (SSSR count). The number of nitrogens with zero attached hydrogens (tertiary/aromatic N) is 1. The van der Waals surface area contributed by atoms with Gasteiger partial charge in [-0.15, -0.1) is 6.58 Å². The number of thiocarbonyl (C=S) groups is 1. The fourth-order valence-electron chi connectivity index (χ4n) is 2.71. The lowest BCUT2D eigenvalue weighted by atomic mass is 10.1. The molecule has 1 aliphatic rings. The van der Waals surface area contributed by atoms with Crippen LogP contribution in [-0.4, -0.2) is 34.9 Å². The van der Waals surface area contributed by atoms with Crippen molar-refractivity contribution in [2.24, 2.45) is 0 Å². The summed E-state index contributed by atoms with van der Waals surface area (Å²) < 4.78 is 12.1. The first-order chi connectivity index (χ1) is 14.5. The van der Waals surface area contributed by atoms with Gasteiger partial charge in [0.2, 0.25) is 0 Å². The first kappa shape index (κ1) is 22.7. The van der Waals surface area contributed by atoms with Crippen LogP contribution in [0.4, 0.5) is 0 Å². The van der Waals surface area contributed by atoms with E-state index in [-0.39, 0.29) is 5.91 Å². The molecule has 0 saturated carbocycles. The second-order valence-corrected chi connectivity index (χ2v) is 8.77. The van der Waals surface area contributed by atoms with Crippen LogP contribution < -0.4 is 9.47 Å². The van der Waals surface area contributed by atoms with Crippen molar-refractivity contribution in [3.8, 4) is 11.5 Å². The fraction of sp³-hybridized carbons (Fsp3) is 0.182. The highest BCUT2D eigenvalue weighted by molar-refractivity contribution is 8.26. The highest BCUT2D eigenvalue weighted by Crippen LogP contribution is 2.38. The lowest BCUT2D eigenvalue weighted by molar-refractivity contribution is -0.121. The maximum atomic E-state index is 12.6. The van der Waals surface area contributed by atoms with Gasteiger partial charge in [-0.1, -0.05) is 71.5 Å². The number of rotatable bonds is 9. The topological polar surface area (TPSA) is 38.8 Å². The van der Waals surface area contributed by atoms with E-state index in [0.717, 1.165) is 5.75 Å². The minimum absolute atomic E-state index is 0.178. The predicted molar refractivity (Wildman–Crippen MR) is 129 cm³/mol. The van der Waals surface area contributed by atoms with Crippen LogP contribution >= 0.6 is 47.2 Å². The number of ether oxygens (including phenoxy) is 2. The quantitative estimate of drug-likeness (QED) is 0.184. The monoisotopic (exact) mass is 479 g/mol. The maximum Gasteiger partial charge on any atom is 0.266 e. The summed E-state index contributed by atoms with van der Waals surface area (Å²) in [6, 6.07) is 12.9. The van der Waals surface area contributed by atoms with Crippen molar-refractivity contribution < 1.29 is 14.3 Å². The van der Waals surface area contributed by atoms with Crippen molar-refractivity contribution in [3.05, 3.63) is 75.6 Å². The highest BCUT2D eigenvalue weighted by Gasteiger charge is 2.31. The van der Waals surface area contributed by atoms with Gasteiger partial charge in [-0.05, 0) is 30.3 Å². The molecule has 0 radical (unpaired) electrons. The van der Waals surface area contributed by atoms with E-state index in [1.54, 1.807) is 24.3 Å². The van der Waals surface area contributed by atoms with Gasteiger partial charge >= 0.3 is 0 Å². The number of amides is 1. The third-order valence-corrected chi connectivity index (χ3v) is 5.93. The second kappa shape index (κ2) is 10.9. The van der Waals surface area contributed by atoms with Crippen LogP contribution in [0.25, 0.3) is 6.08 Å². The van der Waals surface area contributed by atoms with Gasteiger partial charge in [-0.3, -0.25) is 9.69 Å². The van der Waals surface area contributed by atoms with Gasteiger partial charge in [-0.2, -0.15) is 0 Å². The largest absolute Gasteiger partial charge is 0.493 e.